The Morgan fingerprint density at radius 1 is 1.00 bits per heavy atom. The SMILES string of the molecule is O=C(CSc1nnnn1-c1ccccc1)NCCSc1ccccc1. The van der Waals surface area contributed by atoms with E-state index in [9.17, 15) is 4.79 Å². The molecule has 1 amide bonds. The summed E-state index contributed by atoms with van der Waals surface area (Å²) in [7, 11) is 0. The largest absolute Gasteiger partial charge is 0.355 e. The second-order valence-electron chi connectivity index (χ2n) is 5.01. The summed E-state index contributed by atoms with van der Waals surface area (Å²) in [5.74, 6) is 1.09. The van der Waals surface area contributed by atoms with Gasteiger partial charge in [0, 0.05) is 17.2 Å². The van der Waals surface area contributed by atoms with Crippen LogP contribution in [0, 0.1) is 0 Å². The summed E-state index contributed by atoms with van der Waals surface area (Å²) in [6, 6.07) is 19.7. The number of rotatable bonds is 8. The Bertz CT molecular complexity index is 795. The number of hydrogen-bond donors (Lipinski definition) is 1. The number of benzene rings is 2. The van der Waals surface area contributed by atoms with Crippen LogP contribution in [0.2, 0.25) is 0 Å². The van der Waals surface area contributed by atoms with E-state index in [1.54, 1.807) is 16.4 Å². The van der Waals surface area contributed by atoms with E-state index < -0.39 is 0 Å². The van der Waals surface area contributed by atoms with Crippen LogP contribution in [0.3, 0.4) is 0 Å². The maximum Gasteiger partial charge on any atom is 0.230 e. The third-order valence-electron chi connectivity index (χ3n) is 3.21. The predicted molar refractivity (Wildman–Crippen MR) is 100 cm³/mol. The molecule has 0 aliphatic heterocycles. The summed E-state index contributed by atoms with van der Waals surface area (Å²) in [5.41, 5.74) is 0.870. The number of amides is 1. The van der Waals surface area contributed by atoms with E-state index in [1.165, 1.54) is 16.7 Å². The first-order valence-corrected chi connectivity index (χ1v) is 9.71. The van der Waals surface area contributed by atoms with E-state index in [4.69, 9.17) is 0 Å². The lowest BCUT2D eigenvalue weighted by molar-refractivity contribution is -0.118. The Labute approximate surface area is 154 Å². The van der Waals surface area contributed by atoms with Gasteiger partial charge in [0.05, 0.1) is 11.4 Å². The predicted octanol–water partition coefficient (Wildman–Crippen LogP) is 2.66. The van der Waals surface area contributed by atoms with Crippen LogP contribution < -0.4 is 5.32 Å². The van der Waals surface area contributed by atoms with Crippen molar-refractivity contribution in [2.24, 2.45) is 0 Å². The van der Waals surface area contributed by atoms with Crippen LogP contribution in [0.5, 0.6) is 0 Å². The molecule has 0 saturated heterocycles. The zero-order valence-corrected chi connectivity index (χ0v) is 15.0. The van der Waals surface area contributed by atoms with Crippen LogP contribution >= 0.6 is 23.5 Å². The highest BCUT2D eigenvalue weighted by Gasteiger charge is 2.11. The van der Waals surface area contributed by atoms with Crippen molar-refractivity contribution in [1.29, 1.82) is 0 Å². The summed E-state index contributed by atoms with van der Waals surface area (Å²) in [4.78, 5) is 13.2. The van der Waals surface area contributed by atoms with Crippen molar-refractivity contribution in [2.75, 3.05) is 18.1 Å². The molecule has 0 fully saturated rings. The van der Waals surface area contributed by atoms with Crippen LogP contribution in [0.15, 0.2) is 70.7 Å². The minimum Gasteiger partial charge on any atom is -0.355 e. The molecule has 0 aliphatic rings. The maximum atomic E-state index is 12.0. The number of nitrogens with one attached hydrogen (secondary N) is 1. The van der Waals surface area contributed by atoms with Crippen molar-refractivity contribution in [3.8, 4) is 5.69 Å². The van der Waals surface area contributed by atoms with E-state index >= 15 is 0 Å². The standard InChI is InChI=1S/C17H17N5OS2/c23-16(18-11-12-24-15-9-5-2-6-10-15)13-25-17-19-20-21-22(17)14-7-3-1-4-8-14/h1-10H,11-13H2,(H,18,23). The molecule has 0 unspecified atom stereocenters. The van der Waals surface area contributed by atoms with Crippen molar-refractivity contribution in [3.05, 3.63) is 60.7 Å². The molecule has 25 heavy (non-hydrogen) atoms. The fourth-order valence-electron chi connectivity index (χ4n) is 2.06. The lowest BCUT2D eigenvalue weighted by Crippen LogP contribution is -2.27. The molecule has 2 aromatic carbocycles. The summed E-state index contributed by atoms with van der Waals surface area (Å²) in [6.45, 7) is 0.628. The molecule has 3 aromatic rings. The molecule has 1 heterocycles. The number of tetrazole rings is 1. The quantitative estimate of drug-likeness (QED) is 0.485. The number of hydrogen-bond acceptors (Lipinski definition) is 6. The highest BCUT2D eigenvalue weighted by atomic mass is 32.2. The molecular formula is C17H17N5OS2. The van der Waals surface area contributed by atoms with Crippen LogP contribution in [0.4, 0.5) is 0 Å². The van der Waals surface area contributed by atoms with E-state index in [0.717, 1.165) is 11.4 Å². The van der Waals surface area contributed by atoms with Gasteiger partial charge in [-0.3, -0.25) is 4.79 Å². The van der Waals surface area contributed by atoms with Crippen molar-refractivity contribution in [2.45, 2.75) is 10.1 Å². The van der Waals surface area contributed by atoms with Gasteiger partial charge in [-0.05, 0) is 34.7 Å². The average Bonchev–Trinajstić information content (AvgIpc) is 3.14. The minimum absolute atomic E-state index is 0.0266. The molecule has 0 radical (unpaired) electrons. The fourth-order valence-corrected chi connectivity index (χ4v) is 3.57. The third-order valence-corrected chi connectivity index (χ3v) is 5.14. The Hall–Kier alpha value is -2.32. The normalized spacial score (nSPS) is 10.6. The lowest BCUT2D eigenvalue weighted by Gasteiger charge is -2.06. The van der Waals surface area contributed by atoms with E-state index in [0.29, 0.717) is 11.7 Å². The molecule has 0 spiro atoms. The second kappa shape index (κ2) is 9.24. The van der Waals surface area contributed by atoms with Gasteiger partial charge in [-0.2, -0.15) is 4.68 Å². The van der Waals surface area contributed by atoms with Gasteiger partial charge in [-0.15, -0.1) is 16.9 Å². The molecule has 1 aromatic heterocycles. The van der Waals surface area contributed by atoms with E-state index in [1.807, 2.05) is 48.5 Å². The Morgan fingerprint density at radius 3 is 2.48 bits per heavy atom. The Balaban J connectivity index is 1.42. The minimum atomic E-state index is -0.0266. The number of nitrogens with zero attached hydrogens (tertiary/aromatic N) is 4. The molecule has 0 bridgehead atoms. The van der Waals surface area contributed by atoms with Gasteiger partial charge < -0.3 is 5.32 Å². The lowest BCUT2D eigenvalue weighted by atomic mass is 10.3. The number of thioether (sulfide) groups is 2. The van der Waals surface area contributed by atoms with Crippen LogP contribution in [0.25, 0.3) is 5.69 Å². The number of carbonyl (C=O) groups excluding carboxylic acids is 1. The van der Waals surface area contributed by atoms with Gasteiger partial charge in [0.2, 0.25) is 11.1 Å². The first-order valence-electron chi connectivity index (χ1n) is 7.74. The number of carbonyl (C=O) groups is 1. The van der Waals surface area contributed by atoms with Crippen LogP contribution in [-0.4, -0.2) is 44.2 Å². The first-order chi connectivity index (χ1) is 12.3. The molecule has 128 valence electrons. The number of para-hydroxylation sites is 1. The van der Waals surface area contributed by atoms with Crippen LogP contribution in [-0.2, 0) is 4.79 Å². The molecule has 8 heteroatoms. The van der Waals surface area contributed by atoms with E-state index in [2.05, 4.69) is 33.0 Å². The Kier molecular flexibility index (Phi) is 6.47. The second-order valence-corrected chi connectivity index (χ2v) is 7.12. The van der Waals surface area contributed by atoms with Crippen molar-refractivity contribution >= 4 is 29.4 Å². The smallest absolute Gasteiger partial charge is 0.230 e. The maximum absolute atomic E-state index is 12.0. The average molecular weight is 371 g/mol. The monoisotopic (exact) mass is 371 g/mol. The summed E-state index contributed by atoms with van der Waals surface area (Å²) in [5, 5.41) is 15.2. The summed E-state index contributed by atoms with van der Waals surface area (Å²) < 4.78 is 1.63. The molecule has 1 N–H and O–H groups in total. The van der Waals surface area contributed by atoms with Gasteiger partial charge in [-0.25, -0.2) is 0 Å². The van der Waals surface area contributed by atoms with Crippen molar-refractivity contribution in [1.82, 2.24) is 25.5 Å². The summed E-state index contributed by atoms with van der Waals surface area (Å²) in [6.07, 6.45) is 0. The van der Waals surface area contributed by atoms with Gasteiger partial charge in [0.25, 0.3) is 0 Å². The van der Waals surface area contributed by atoms with E-state index in [-0.39, 0.29) is 11.7 Å². The number of aromatic nitrogens is 4. The molecule has 3 rings (SSSR count). The van der Waals surface area contributed by atoms with Gasteiger partial charge in [0.1, 0.15) is 0 Å². The molecule has 0 aliphatic carbocycles. The molecule has 0 saturated carbocycles. The molecule has 0 atom stereocenters. The highest BCUT2D eigenvalue weighted by molar-refractivity contribution is 7.99. The fraction of sp³-hybridized carbons (Fsp3) is 0.176. The zero-order chi connectivity index (χ0) is 17.3. The highest BCUT2D eigenvalue weighted by Crippen LogP contribution is 2.18. The van der Waals surface area contributed by atoms with Gasteiger partial charge >= 0.3 is 0 Å². The van der Waals surface area contributed by atoms with Crippen molar-refractivity contribution in [3.63, 3.8) is 0 Å². The van der Waals surface area contributed by atoms with Crippen LogP contribution in [0.1, 0.15) is 0 Å². The zero-order valence-electron chi connectivity index (χ0n) is 13.4. The third kappa shape index (κ3) is 5.33. The first kappa shape index (κ1) is 17.5. The molecule has 6 nitrogen and oxygen atoms in total. The van der Waals surface area contributed by atoms with Gasteiger partial charge in [-0.1, -0.05) is 48.2 Å². The topological polar surface area (TPSA) is 72.7 Å². The summed E-state index contributed by atoms with van der Waals surface area (Å²) >= 11 is 3.04. The van der Waals surface area contributed by atoms with Gasteiger partial charge in [0.15, 0.2) is 0 Å². The van der Waals surface area contributed by atoms with Crippen molar-refractivity contribution < 1.29 is 4.79 Å². The molecular weight excluding hydrogens is 354 g/mol. The Morgan fingerprint density at radius 2 is 1.72 bits per heavy atom.